The second-order valence-corrected chi connectivity index (χ2v) is 13.7. The monoisotopic (exact) mass is 443 g/mol. The maximum absolute atomic E-state index is 13.1. The van der Waals surface area contributed by atoms with Crippen molar-refractivity contribution in [3.05, 3.63) is 36.1 Å². The molecule has 2 aromatic rings. The quantitative estimate of drug-likeness (QED) is 0.393. The van der Waals surface area contributed by atoms with Crippen LogP contribution in [0.1, 0.15) is 10.4 Å². The van der Waals surface area contributed by atoms with E-state index in [-0.39, 0.29) is 41.3 Å². The van der Waals surface area contributed by atoms with Crippen LogP contribution in [0.15, 0.2) is 30.5 Å². The van der Waals surface area contributed by atoms with E-state index in [0.29, 0.717) is 11.3 Å². The van der Waals surface area contributed by atoms with Gasteiger partial charge in [-0.25, -0.2) is 4.79 Å². The predicted octanol–water partition coefficient (Wildman–Crippen LogP) is 3.50. The molecule has 0 saturated carbocycles. The van der Waals surface area contributed by atoms with Crippen LogP contribution in [0.2, 0.25) is 25.7 Å². The van der Waals surface area contributed by atoms with Crippen LogP contribution in [0.5, 0.6) is 17.5 Å². The second kappa shape index (κ2) is 8.76. The van der Waals surface area contributed by atoms with Crippen LogP contribution in [0.25, 0.3) is 11.4 Å². The molecule has 31 heavy (non-hydrogen) atoms. The summed E-state index contributed by atoms with van der Waals surface area (Å²) in [6.45, 7) is 10.4. The van der Waals surface area contributed by atoms with Crippen LogP contribution in [-0.2, 0) is 9.53 Å². The predicted molar refractivity (Wildman–Crippen MR) is 117 cm³/mol. The van der Waals surface area contributed by atoms with Crippen molar-refractivity contribution in [1.82, 2.24) is 9.97 Å². The maximum atomic E-state index is 13.1. The molecule has 1 amide bonds. The number of ether oxygens (including phenoxy) is 4. The summed E-state index contributed by atoms with van der Waals surface area (Å²) in [5, 5.41) is 2.65. The number of esters is 1. The van der Waals surface area contributed by atoms with Gasteiger partial charge in [0.25, 0.3) is 5.91 Å². The van der Waals surface area contributed by atoms with Gasteiger partial charge >= 0.3 is 5.97 Å². The fourth-order valence-corrected chi connectivity index (χ4v) is 3.51. The Morgan fingerprint density at radius 3 is 2.39 bits per heavy atom. The van der Waals surface area contributed by atoms with Crippen molar-refractivity contribution in [1.29, 1.82) is 0 Å². The summed E-state index contributed by atoms with van der Waals surface area (Å²) in [5.74, 6) is -0.401. The van der Waals surface area contributed by atoms with E-state index in [4.69, 9.17) is 18.9 Å². The summed E-state index contributed by atoms with van der Waals surface area (Å²) in [7, 11) is 1.52. The number of fused-ring (bicyclic) bond motifs is 1. The molecule has 0 fully saturated rings. The molecule has 1 aliphatic rings. The van der Waals surface area contributed by atoms with E-state index in [2.05, 4.69) is 41.5 Å². The lowest BCUT2D eigenvalue weighted by atomic mass is 10.0. The molecule has 0 unspecified atom stereocenters. The van der Waals surface area contributed by atoms with Gasteiger partial charge in [0.05, 0.1) is 32.6 Å². The summed E-state index contributed by atoms with van der Waals surface area (Å²) in [6.07, 6.45) is 0. The number of carbonyl (C=O) groups is 2. The average Bonchev–Trinajstić information content (AvgIpc) is 2.72. The van der Waals surface area contributed by atoms with Crippen molar-refractivity contribution in [3.63, 3.8) is 0 Å². The minimum Gasteiger partial charge on any atom is -0.481 e. The second-order valence-electron chi connectivity index (χ2n) is 8.07. The number of aromatic nitrogens is 2. The van der Waals surface area contributed by atoms with E-state index in [0.717, 1.165) is 6.04 Å². The zero-order valence-electron chi connectivity index (χ0n) is 18.2. The summed E-state index contributed by atoms with van der Waals surface area (Å²) in [4.78, 5) is 33.8. The third-order valence-electron chi connectivity index (χ3n) is 4.51. The van der Waals surface area contributed by atoms with Crippen LogP contribution in [0.3, 0.4) is 0 Å². The number of nitrogens with one attached hydrogen (secondary N) is 1. The van der Waals surface area contributed by atoms with Crippen LogP contribution in [-0.4, -0.2) is 50.7 Å². The number of rotatable bonds is 7. The molecule has 0 aliphatic carbocycles. The van der Waals surface area contributed by atoms with Crippen molar-refractivity contribution in [2.24, 2.45) is 0 Å². The van der Waals surface area contributed by atoms with Gasteiger partial charge in [-0.05, 0) is 18.2 Å². The Labute approximate surface area is 181 Å². The standard InChI is InChI=1S/C21H25N3O6Si/c1-12-20(25)22-14-8-7-13(19-23-15(27-2)11-16(24-19)28-3)17(18(14)30-12)21(26)29-9-10-31(4,5)6/h7-8,11H,1,9-10H2,2-6H3,(H,22,25). The Hall–Kier alpha value is -3.40. The zero-order valence-corrected chi connectivity index (χ0v) is 19.2. The average molecular weight is 444 g/mol. The molecule has 164 valence electrons. The summed E-state index contributed by atoms with van der Waals surface area (Å²) < 4.78 is 21.6. The van der Waals surface area contributed by atoms with Crippen LogP contribution >= 0.6 is 0 Å². The Kier molecular flexibility index (Phi) is 6.30. The van der Waals surface area contributed by atoms with Gasteiger partial charge in [0, 0.05) is 13.6 Å². The van der Waals surface area contributed by atoms with Gasteiger partial charge in [-0.2, -0.15) is 9.97 Å². The molecule has 1 N–H and O–H groups in total. The molecular formula is C21H25N3O6Si. The molecule has 0 radical (unpaired) electrons. The highest BCUT2D eigenvalue weighted by Gasteiger charge is 2.31. The fraction of sp³-hybridized carbons (Fsp3) is 0.333. The third-order valence-corrected chi connectivity index (χ3v) is 6.22. The first-order valence-electron chi connectivity index (χ1n) is 9.62. The smallest absolute Gasteiger partial charge is 0.342 e. The third kappa shape index (κ3) is 5.02. The number of methoxy groups -OCH3 is 2. The van der Waals surface area contributed by atoms with Gasteiger partial charge in [0.1, 0.15) is 5.56 Å². The lowest BCUT2D eigenvalue weighted by Gasteiger charge is -2.23. The van der Waals surface area contributed by atoms with E-state index in [1.165, 1.54) is 20.3 Å². The fourth-order valence-electron chi connectivity index (χ4n) is 2.79. The molecule has 1 aromatic carbocycles. The number of amides is 1. The van der Waals surface area contributed by atoms with Crippen molar-refractivity contribution < 1.29 is 28.5 Å². The maximum Gasteiger partial charge on any atom is 0.342 e. The summed E-state index contributed by atoms with van der Waals surface area (Å²) >= 11 is 0. The van der Waals surface area contributed by atoms with Crippen molar-refractivity contribution >= 4 is 25.6 Å². The van der Waals surface area contributed by atoms with Crippen molar-refractivity contribution in [3.8, 4) is 28.9 Å². The van der Waals surface area contributed by atoms with Gasteiger partial charge < -0.3 is 24.3 Å². The number of anilines is 1. The van der Waals surface area contributed by atoms with E-state index in [9.17, 15) is 9.59 Å². The first-order valence-corrected chi connectivity index (χ1v) is 13.3. The molecule has 0 bridgehead atoms. The number of hydrogen-bond donors (Lipinski definition) is 1. The molecule has 10 heteroatoms. The number of nitrogens with zero attached hydrogens (tertiary/aromatic N) is 2. The van der Waals surface area contributed by atoms with Crippen molar-refractivity contribution in [2.45, 2.75) is 25.7 Å². The Bertz CT molecular complexity index is 1030. The van der Waals surface area contributed by atoms with Gasteiger partial charge in [0.15, 0.2) is 17.3 Å². The Morgan fingerprint density at radius 1 is 1.16 bits per heavy atom. The van der Waals surface area contributed by atoms with E-state index in [1.54, 1.807) is 12.1 Å². The number of hydrogen-bond acceptors (Lipinski definition) is 8. The van der Waals surface area contributed by atoms with Gasteiger partial charge in [-0.3, -0.25) is 4.79 Å². The normalized spacial score (nSPS) is 13.1. The summed E-state index contributed by atoms with van der Waals surface area (Å²) in [6, 6.07) is 5.53. The van der Waals surface area contributed by atoms with E-state index in [1.807, 2.05) is 0 Å². The molecular weight excluding hydrogens is 418 g/mol. The topological polar surface area (TPSA) is 109 Å². The van der Waals surface area contributed by atoms with E-state index < -0.39 is 20.0 Å². The largest absolute Gasteiger partial charge is 0.481 e. The minimum absolute atomic E-state index is 0.0875. The molecule has 0 spiro atoms. The first kappa shape index (κ1) is 22.3. The highest BCUT2D eigenvalue weighted by Crippen LogP contribution is 2.40. The lowest BCUT2D eigenvalue weighted by Crippen LogP contribution is -2.26. The lowest BCUT2D eigenvalue weighted by molar-refractivity contribution is -0.115. The van der Waals surface area contributed by atoms with Gasteiger partial charge in [-0.1, -0.05) is 26.2 Å². The zero-order chi connectivity index (χ0) is 22.8. The molecule has 3 rings (SSSR count). The Balaban J connectivity index is 2.11. The van der Waals surface area contributed by atoms with Gasteiger partial charge in [0.2, 0.25) is 11.8 Å². The minimum atomic E-state index is -1.41. The van der Waals surface area contributed by atoms with Crippen molar-refractivity contribution in [2.75, 3.05) is 26.1 Å². The highest BCUT2D eigenvalue weighted by atomic mass is 28.3. The first-order chi connectivity index (χ1) is 14.6. The number of carbonyl (C=O) groups excluding carboxylic acids is 2. The van der Waals surface area contributed by atoms with Gasteiger partial charge in [-0.15, -0.1) is 0 Å². The molecule has 1 aromatic heterocycles. The molecule has 0 saturated heterocycles. The van der Waals surface area contributed by atoms with Crippen LogP contribution < -0.4 is 19.5 Å². The molecule has 0 atom stereocenters. The Morgan fingerprint density at radius 2 is 1.81 bits per heavy atom. The molecule has 2 heterocycles. The van der Waals surface area contributed by atoms with Crippen LogP contribution in [0, 0.1) is 0 Å². The number of benzene rings is 1. The van der Waals surface area contributed by atoms with E-state index >= 15 is 0 Å². The van der Waals surface area contributed by atoms with Crippen LogP contribution in [0.4, 0.5) is 5.69 Å². The molecule has 1 aliphatic heterocycles. The highest BCUT2D eigenvalue weighted by molar-refractivity contribution is 6.76. The SMILES string of the molecule is C=C1Oc2c(ccc(-c3nc(OC)cc(OC)n3)c2C(=O)OCC[Si](C)(C)C)NC1=O. The summed E-state index contributed by atoms with van der Waals surface area (Å²) in [5.41, 5.74) is 0.760. The molecule has 9 nitrogen and oxygen atoms in total.